The maximum atomic E-state index is 10.1. The molecule has 0 radical (unpaired) electrons. The van der Waals surface area contributed by atoms with Gasteiger partial charge in [-0.25, -0.2) is 4.98 Å². The molecule has 1 N–H and O–H groups in total. The van der Waals surface area contributed by atoms with Gasteiger partial charge in [-0.15, -0.1) is 11.8 Å². The molecular formula is C13H11N3OS. The quantitative estimate of drug-likeness (QED) is 0.566. The van der Waals surface area contributed by atoms with E-state index in [0.29, 0.717) is 11.3 Å². The van der Waals surface area contributed by atoms with Gasteiger partial charge in [0.05, 0.1) is 5.52 Å². The van der Waals surface area contributed by atoms with Crippen molar-refractivity contribution in [3.05, 3.63) is 42.7 Å². The maximum Gasteiger partial charge on any atom is 0.178 e. The van der Waals surface area contributed by atoms with Crippen LogP contribution in [-0.2, 0) is 0 Å². The summed E-state index contributed by atoms with van der Waals surface area (Å²) >= 11 is 1.65. The van der Waals surface area contributed by atoms with E-state index >= 15 is 0 Å². The van der Waals surface area contributed by atoms with Crippen molar-refractivity contribution in [2.75, 3.05) is 6.26 Å². The fraction of sp³-hybridized carbons (Fsp3) is 0.0769. The minimum absolute atomic E-state index is 0.511. The Morgan fingerprint density at radius 1 is 1.28 bits per heavy atom. The third-order valence-corrected chi connectivity index (χ3v) is 3.48. The first-order valence-electron chi connectivity index (χ1n) is 5.46. The average Bonchev–Trinajstić information content (AvgIpc) is 2.76. The molecule has 18 heavy (non-hydrogen) atoms. The van der Waals surface area contributed by atoms with E-state index < -0.39 is 0 Å². The van der Waals surface area contributed by atoms with E-state index in [1.807, 2.05) is 36.6 Å². The summed E-state index contributed by atoms with van der Waals surface area (Å²) in [5.41, 5.74) is 2.27. The summed E-state index contributed by atoms with van der Waals surface area (Å²) in [5, 5.41) is 10.1. The van der Waals surface area contributed by atoms with Crippen LogP contribution in [0.4, 0.5) is 0 Å². The predicted molar refractivity (Wildman–Crippen MR) is 71.9 cm³/mol. The number of imidazole rings is 1. The minimum atomic E-state index is 0.511. The van der Waals surface area contributed by atoms with E-state index in [-0.39, 0.29) is 0 Å². The average molecular weight is 257 g/mol. The zero-order valence-corrected chi connectivity index (χ0v) is 10.6. The molecule has 1 aromatic carbocycles. The summed E-state index contributed by atoms with van der Waals surface area (Å²) in [6.07, 6.45) is 5.39. The second-order valence-corrected chi connectivity index (χ2v) is 4.72. The highest BCUT2D eigenvalue weighted by atomic mass is 32.2. The van der Waals surface area contributed by atoms with Crippen LogP contribution in [0.2, 0.25) is 0 Å². The third-order valence-electron chi connectivity index (χ3n) is 2.76. The van der Waals surface area contributed by atoms with Gasteiger partial charge in [0, 0.05) is 22.9 Å². The molecule has 2 heterocycles. The van der Waals surface area contributed by atoms with Crippen LogP contribution in [0.15, 0.2) is 47.6 Å². The summed E-state index contributed by atoms with van der Waals surface area (Å²) in [7, 11) is 0. The number of thioether (sulfide) groups is 1. The van der Waals surface area contributed by atoms with E-state index in [4.69, 9.17) is 0 Å². The Kier molecular flexibility index (Phi) is 2.68. The van der Waals surface area contributed by atoms with Gasteiger partial charge in [0.1, 0.15) is 5.52 Å². The first kappa shape index (κ1) is 11.1. The summed E-state index contributed by atoms with van der Waals surface area (Å²) in [4.78, 5) is 9.61. The zero-order chi connectivity index (χ0) is 12.5. The predicted octanol–water partition coefficient (Wildman–Crippen LogP) is 3.06. The molecule has 0 bridgehead atoms. The fourth-order valence-electron chi connectivity index (χ4n) is 1.86. The summed E-state index contributed by atoms with van der Waals surface area (Å²) in [5.74, 6) is 0.511. The van der Waals surface area contributed by atoms with Crippen molar-refractivity contribution < 1.29 is 5.21 Å². The van der Waals surface area contributed by atoms with Gasteiger partial charge >= 0.3 is 0 Å². The van der Waals surface area contributed by atoms with E-state index in [9.17, 15) is 5.21 Å². The molecule has 90 valence electrons. The lowest BCUT2D eigenvalue weighted by Crippen LogP contribution is -1.94. The van der Waals surface area contributed by atoms with Crippen LogP contribution in [0.5, 0.6) is 0 Å². The van der Waals surface area contributed by atoms with Gasteiger partial charge in [-0.3, -0.25) is 4.98 Å². The number of fused-ring (bicyclic) bond motifs is 1. The number of pyridine rings is 1. The Balaban J connectivity index is 2.23. The van der Waals surface area contributed by atoms with Crippen LogP contribution >= 0.6 is 11.8 Å². The van der Waals surface area contributed by atoms with Crippen LogP contribution in [-0.4, -0.2) is 26.2 Å². The topological polar surface area (TPSA) is 50.9 Å². The van der Waals surface area contributed by atoms with E-state index in [0.717, 1.165) is 20.7 Å². The summed E-state index contributed by atoms with van der Waals surface area (Å²) in [6.45, 7) is 0. The normalized spacial score (nSPS) is 10.9. The van der Waals surface area contributed by atoms with E-state index in [1.54, 1.807) is 24.2 Å². The maximum absolute atomic E-state index is 10.1. The van der Waals surface area contributed by atoms with Crippen LogP contribution in [0.3, 0.4) is 0 Å². The van der Waals surface area contributed by atoms with Crippen LogP contribution in [0.25, 0.3) is 22.4 Å². The van der Waals surface area contributed by atoms with Gasteiger partial charge in [-0.1, -0.05) is 0 Å². The van der Waals surface area contributed by atoms with Crippen molar-refractivity contribution in [3.63, 3.8) is 0 Å². The lowest BCUT2D eigenvalue weighted by atomic mass is 10.3. The molecule has 5 heteroatoms. The van der Waals surface area contributed by atoms with Crippen LogP contribution in [0.1, 0.15) is 0 Å². The van der Waals surface area contributed by atoms with Gasteiger partial charge < -0.3 is 5.21 Å². The van der Waals surface area contributed by atoms with Gasteiger partial charge in [-0.05, 0) is 36.6 Å². The first-order valence-corrected chi connectivity index (χ1v) is 6.68. The third kappa shape index (κ3) is 1.73. The zero-order valence-electron chi connectivity index (χ0n) is 9.74. The SMILES string of the molecule is CSc1ccc2c(c1)nc(-c1cccnc1)n2O. The molecule has 0 saturated carbocycles. The van der Waals surface area contributed by atoms with Crippen molar-refractivity contribution in [2.45, 2.75) is 4.90 Å². The Hall–Kier alpha value is -2.01. The second kappa shape index (κ2) is 4.34. The molecule has 0 aliphatic carbocycles. The summed E-state index contributed by atoms with van der Waals surface area (Å²) in [6, 6.07) is 9.49. The second-order valence-electron chi connectivity index (χ2n) is 3.84. The smallest absolute Gasteiger partial charge is 0.178 e. The molecule has 3 aromatic rings. The molecule has 3 rings (SSSR count). The van der Waals surface area contributed by atoms with Crippen molar-refractivity contribution in [3.8, 4) is 11.4 Å². The molecule has 0 atom stereocenters. The Morgan fingerprint density at radius 2 is 2.17 bits per heavy atom. The highest BCUT2D eigenvalue weighted by Gasteiger charge is 2.12. The number of rotatable bonds is 2. The molecule has 2 aromatic heterocycles. The van der Waals surface area contributed by atoms with Crippen LogP contribution in [0, 0.1) is 0 Å². The highest BCUT2D eigenvalue weighted by Crippen LogP contribution is 2.25. The van der Waals surface area contributed by atoms with Crippen molar-refractivity contribution in [1.82, 2.24) is 14.7 Å². The minimum Gasteiger partial charge on any atom is -0.426 e. The largest absolute Gasteiger partial charge is 0.426 e. The Bertz CT molecular complexity index is 694. The number of aromatic nitrogens is 3. The molecule has 4 nitrogen and oxygen atoms in total. The van der Waals surface area contributed by atoms with E-state index in [2.05, 4.69) is 9.97 Å². The fourth-order valence-corrected chi connectivity index (χ4v) is 2.29. The highest BCUT2D eigenvalue weighted by molar-refractivity contribution is 7.98. The molecule has 0 aliphatic heterocycles. The molecular weight excluding hydrogens is 246 g/mol. The number of benzene rings is 1. The molecule has 0 amide bonds. The number of hydrogen-bond acceptors (Lipinski definition) is 4. The standard InChI is InChI=1S/C13H11N3OS/c1-18-10-4-5-12-11(7-10)15-13(16(12)17)9-3-2-6-14-8-9/h2-8,17H,1H3. The van der Waals surface area contributed by atoms with Gasteiger partial charge in [0.15, 0.2) is 5.82 Å². The monoisotopic (exact) mass is 257 g/mol. The Labute approximate surface area is 108 Å². The van der Waals surface area contributed by atoms with Crippen molar-refractivity contribution in [1.29, 1.82) is 0 Å². The molecule has 0 saturated heterocycles. The first-order chi connectivity index (χ1) is 8.79. The lowest BCUT2D eigenvalue weighted by molar-refractivity contribution is 0.203. The Morgan fingerprint density at radius 3 is 2.89 bits per heavy atom. The molecule has 0 spiro atoms. The van der Waals surface area contributed by atoms with Gasteiger partial charge in [0.25, 0.3) is 0 Å². The lowest BCUT2D eigenvalue weighted by Gasteiger charge is -1.99. The van der Waals surface area contributed by atoms with Crippen LogP contribution < -0.4 is 0 Å². The van der Waals surface area contributed by atoms with Crippen molar-refractivity contribution >= 4 is 22.8 Å². The molecule has 0 aliphatic rings. The van der Waals surface area contributed by atoms with Crippen molar-refractivity contribution in [2.24, 2.45) is 0 Å². The number of nitrogens with zero attached hydrogens (tertiary/aromatic N) is 3. The molecule has 0 unspecified atom stereocenters. The van der Waals surface area contributed by atoms with Gasteiger partial charge in [-0.2, -0.15) is 4.73 Å². The molecule has 0 fully saturated rings. The number of hydrogen-bond donors (Lipinski definition) is 1. The van der Waals surface area contributed by atoms with Gasteiger partial charge in [0.2, 0.25) is 0 Å². The summed E-state index contributed by atoms with van der Waals surface area (Å²) < 4.78 is 1.11. The van der Waals surface area contributed by atoms with E-state index in [1.165, 1.54) is 0 Å².